The van der Waals surface area contributed by atoms with Gasteiger partial charge in [-0.3, -0.25) is 14.8 Å². The van der Waals surface area contributed by atoms with E-state index in [1.807, 2.05) is 13.1 Å². The van der Waals surface area contributed by atoms with Gasteiger partial charge in [0.05, 0.1) is 11.7 Å². The second-order valence-corrected chi connectivity index (χ2v) is 3.62. The van der Waals surface area contributed by atoms with Crippen molar-refractivity contribution in [3.05, 3.63) is 18.0 Å². The number of aryl methyl sites for hydroxylation is 1. The van der Waals surface area contributed by atoms with Gasteiger partial charge in [0.1, 0.15) is 0 Å². The van der Waals surface area contributed by atoms with Crippen molar-refractivity contribution in [1.29, 1.82) is 0 Å². The van der Waals surface area contributed by atoms with E-state index in [1.54, 1.807) is 17.8 Å². The summed E-state index contributed by atoms with van der Waals surface area (Å²) < 4.78 is 1.72. The lowest BCUT2D eigenvalue weighted by atomic mass is 10.3. The first-order chi connectivity index (χ1) is 8.04. The van der Waals surface area contributed by atoms with Crippen molar-refractivity contribution < 1.29 is 9.59 Å². The predicted octanol–water partition coefficient (Wildman–Crippen LogP) is -0.646. The number of hydrogen-bond acceptors (Lipinski definition) is 4. The van der Waals surface area contributed by atoms with Crippen LogP contribution in [0.25, 0.3) is 0 Å². The summed E-state index contributed by atoms with van der Waals surface area (Å²) in [5, 5.41) is 11.5. The Morgan fingerprint density at radius 3 is 2.76 bits per heavy atom. The Morgan fingerprint density at radius 2 is 2.24 bits per heavy atom. The van der Waals surface area contributed by atoms with E-state index in [1.165, 1.54) is 7.05 Å². The molecule has 0 saturated carbocycles. The molecule has 1 aromatic heterocycles. The van der Waals surface area contributed by atoms with Gasteiger partial charge in [0.15, 0.2) is 0 Å². The Kier molecular flexibility index (Phi) is 4.65. The Balaban J connectivity index is 2.39. The van der Waals surface area contributed by atoms with Gasteiger partial charge in [0, 0.05) is 26.8 Å². The number of rotatable bonds is 4. The summed E-state index contributed by atoms with van der Waals surface area (Å²) in [7, 11) is 3.28. The van der Waals surface area contributed by atoms with Crippen molar-refractivity contribution in [3.8, 4) is 0 Å². The lowest BCUT2D eigenvalue weighted by molar-refractivity contribution is -0.121. The molecule has 3 N–H and O–H groups in total. The van der Waals surface area contributed by atoms with Gasteiger partial charge in [0.25, 0.3) is 0 Å². The molecule has 3 amide bonds. The van der Waals surface area contributed by atoms with Crippen LogP contribution in [0, 0.1) is 0 Å². The van der Waals surface area contributed by atoms with Gasteiger partial charge in [-0.05, 0) is 13.0 Å². The first-order valence-electron chi connectivity index (χ1n) is 5.27. The number of urea groups is 1. The van der Waals surface area contributed by atoms with Crippen molar-refractivity contribution in [2.75, 3.05) is 7.05 Å². The number of carbonyl (C=O) groups excluding carboxylic acids is 2. The standard InChI is InChI=1S/C10H17N5O2/c1-7(9(16)14-10(17)11-2)12-6-8-4-5-13-15(8)3/h4-5,7,12H,6H2,1-3H3,(H2,11,14,16,17). The fourth-order valence-corrected chi connectivity index (χ4v) is 1.21. The fourth-order valence-electron chi connectivity index (χ4n) is 1.21. The summed E-state index contributed by atoms with van der Waals surface area (Å²) in [6.07, 6.45) is 1.69. The van der Waals surface area contributed by atoms with Crippen molar-refractivity contribution in [3.63, 3.8) is 0 Å². The first kappa shape index (κ1) is 13.2. The van der Waals surface area contributed by atoms with Crippen molar-refractivity contribution in [2.24, 2.45) is 7.05 Å². The van der Waals surface area contributed by atoms with E-state index >= 15 is 0 Å². The topological polar surface area (TPSA) is 88.1 Å². The monoisotopic (exact) mass is 239 g/mol. The van der Waals surface area contributed by atoms with Crippen LogP contribution in [0.5, 0.6) is 0 Å². The zero-order valence-corrected chi connectivity index (χ0v) is 10.2. The van der Waals surface area contributed by atoms with E-state index in [9.17, 15) is 9.59 Å². The number of nitrogens with zero attached hydrogens (tertiary/aromatic N) is 2. The Bertz CT molecular complexity index is 401. The minimum absolute atomic E-state index is 0.369. The molecule has 0 aliphatic rings. The van der Waals surface area contributed by atoms with Crippen LogP contribution in [-0.4, -0.2) is 34.8 Å². The molecule has 0 saturated heterocycles. The van der Waals surface area contributed by atoms with Gasteiger partial charge in [0.2, 0.25) is 5.91 Å². The molecule has 0 fully saturated rings. The molecule has 94 valence electrons. The molecule has 1 aromatic rings. The maximum Gasteiger partial charge on any atom is 0.321 e. The highest BCUT2D eigenvalue weighted by molar-refractivity contribution is 5.96. The smallest absolute Gasteiger partial charge is 0.321 e. The first-order valence-corrected chi connectivity index (χ1v) is 5.27. The Morgan fingerprint density at radius 1 is 1.53 bits per heavy atom. The molecule has 1 heterocycles. The van der Waals surface area contributed by atoms with Crippen LogP contribution in [0.3, 0.4) is 0 Å². The summed E-state index contributed by atoms with van der Waals surface area (Å²) in [4.78, 5) is 22.4. The molecule has 17 heavy (non-hydrogen) atoms. The van der Waals surface area contributed by atoms with E-state index in [4.69, 9.17) is 0 Å². The maximum absolute atomic E-state index is 11.5. The normalized spacial score (nSPS) is 11.9. The summed E-state index contributed by atoms with van der Waals surface area (Å²) in [6, 6.07) is 0.891. The second-order valence-electron chi connectivity index (χ2n) is 3.62. The van der Waals surface area contributed by atoms with Crippen molar-refractivity contribution >= 4 is 11.9 Å². The molecule has 0 aliphatic heterocycles. The van der Waals surface area contributed by atoms with Crippen LogP contribution < -0.4 is 16.0 Å². The van der Waals surface area contributed by atoms with E-state index in [0.717, 1.165) is 5.69 Å². The van der Waals surface area contributed by atoms with Gasteiger partial charge < -0.3 is 10.6 Å². The number of nitrogens with one attached hydrogen (secondary N) is 3. The molecule has 0 bridgehead atoms. The number of aromatic nitrogens is 2. The molecule has 1 unspecified atom stereocenters. The number of imide groups is 1. The van der Waals surface area contributed by atoms with Crippen molar-refractivity contribution in [1.82, 2.24) is 25.7 Å². The third kappa shape index (κ3) is 3.87. The average molecular weight is 239 g/mol. The van der Waals surface area contributed by atoms with Crippen LogP contribution in [-0.2, 0) is 18.4 Å². The lowest BCUT2D eigenvalue weighted by Gasteiger charge is -2.13. The minimum Gasteiger partial charge on any atom is -0.341 e. The van der Waals surface area contributed by atoms with E-state index in [-0.39, 0.29) is 5.91 Å². The highest BCUT2D eigenvalue weighted by Crippen LogP contribution is 1.96. The second kappa shape index (κ2) is 6.00. The highest BCUT2D eigenvalue weighted by Gasteiger charge is 2.14. The molecular weight excluding hydrogens is 222 g/mol. The Hall–Kier alpha value is -1.89. The van der Waals surface area contributed by atoms with Gasteiger partial charge in [-0.15, -0.1) is 0 Å². The third-order valence-corrected chi connectivity index (χ3v) is 2.37. The zero-order chi connectivity index (χ0) is 12.8. The lowest BCUT2D eigenvalue weighted by Crippen LogP contribution is -2.47. The Labute approximate surface area is 99.6 Å². The molecular formula is C10H17N5O2. The number of carbonyl (C=O) groups is 2. The summed E-state index contributed by atoms with van der Waals surface area (Å²) in [6.45, 7) is 2.20. The zero-order valence-electron chi connectivity index (χ0n) is 10.2. The van der Waals surface area contributed by atoms with Crippen LogP contribution in [0.2, 0.25) is 0 Å². The third-order valence-electron chi connectivity index (χ3n) is 2.37. The summed E-state index contributed by atoms with van der Waals surface area (Å²) >= 11 is 0. The summed E-state index contributed by atoms with van der Waals surface area (Å²) in [5.41, 5.74) is 0.963. The largest absolute Gasteiger partial charge is 0.341 e. The predicted molar refractivity (Wildman–Crippen MR) is 62.1 cm³/mol. The average Bonchev–Trinajstić information content (AvgIpc) is 2.71. The molecule has 1 rings (SSSR count). The molecule has 0 aliphatic carbocycles. The van der Waals surface area contributed by atoms with Crippen LogP contribution in [0.4, 0.5) is 4.79 Å². The number of hydrogen-bond donors (Lipinski definition) is 3. The van der Waals surface area contributed by atoms with Gasteiger partial charge >= 0.3 is 6.03 Å². The van der Waals surface area contributed by atoms with Crippen LogP contribution in [0.15, 0.2) is 12.3 Å². The minimum atomic E-state index is -0.510. The van der Waals surface area contributed by atoms with Gasteiger partial charge in [-0.1, -0.05) is 0 Å². The van der Waals surface area contributed by atoms with Crippen molar-refractivity contribution in [2.45, 2.75) is 19.5 Å². The molecule has 0 spiro atoms. The van der Waals surface area contributed by atoms with E-state index in [0.29, 0.717) is 6.54 Å². The maximum atomic E-state index is 11.5. The van der Waals surface area contributed by atoms with E-state index in [2.05, 4.69) is 21.0 Å². The fraction of sp³-hybridized carbons (Fsp3) is 0.500. The number of amides is 3. The highest BCUT2D eigenvalue weighted by atomic mass is 16.2. The molecule has 7 heteroatoms. The van der Waals surface area contributed by atoms with Crippen LogP contribution >= 0.6 is 0 Å². The quantitative estimate of drug-likeness (QED) is 0.651. The molecule has 0 aromatic carbocycles. The molecule has 1 atom stereocenters. The van der Waals surface area contributed by atoms with Crippen LogP contribution in [0.1, 0.15) is 12.6 Å². The molecule has 7 nitrogen and oxygen atoms in total. The van der Waals surface area contributed by atoms with Gasteiger partial charge in [-0.25, -0.2) is 4.79 Å². The molecule has 0 radical (unpaired) electrons. The van der Waals surface area contributed by atoms with E-state index < -0.39 is 12.1 Å². The SMILES string of the molecule is CNC(=O)NC(=O)C(C)NCc1ccnn1C. The summed E-state index contributed by atoms with van der Waals surface area (Å²) in [5.74, 6) is -0.369. The van der Waals surface area contributed by atoms with Gasteiger partial charge in [-0.2, -0.15) is 5.10 Å².